The van der Waals surface area contributed by atoms with Gasteiger partial charge in [0.2, 0.25) is 5.95 Å². The summed E-state index contributed by atoms with van der Waals surface area (Å²) in [6, 6.07) is 2.55. The van der Waals surface area contributed by atoms with Gasteiger partial charge in [0, 0.05) is 6.20 Å². The molecule has 1 aromatic heterocycles. The van der Waals surface area contributed by atoms with E-state index in [1.807, 2.05) is 0 Å². The fraction of sp³-hybridized carbons (Fsp3) is 0.500. The summed E-state index contributed by atoms with van der Waals surface area (Å²) in [5.41, 5.74) is 0.183. The minimum absolute atomic E-state index is 0.280. The van der Waals surface area contributed by atoms with Crippen LogP contribution in [-0.2, 0) is 4.74 Å². The molecule has 4 nitrogen and oxygen atoms in total. The Labute approximate surface area is 100 Å². The van der Waals surface area contributed by atoms with Gasteiger partial charge >= 0.3 is 6.09 Å². The Balaban J connectivity index is 2.57. The molecular formula is C12H17FN2O2. The van der Waals surface area contributed by atoms with Gasteiger partial charge in [-0.05, 0) is 39.3 Å². The molecule has 0 spiro atoms. The van der Waals surface area contributed by atoms with Crippen molar-refractivity contribution in [2.24, 2.45) is 0 Å². The van der Waals surface area contributed by atoms with Crippen molar-refractivity contribution >= 4 is 6.09 Å². The van der Waals surface area contributed by atoms with Crippen LogP contribution in [0.25, 0.3) is 0 Å². The van der Waals surface area contributed by atoms with E-state index in [1.165, 1.54) is 12.3 Å². The Morgan fingerprint density at radius 1 is 1.47 bits per heavy atom. The second-order valence-corrected chi connectivity index (χ2v) is 4.78. The Morgan fingerprint density at radius 3 is 2.59 bits per heavy atom. The molecule has 1 atom stereocenters. The van der Waals surface area contributed by atoms with E-state index in [1.54, 1.807) is 33.8 Å². The van der Waals surface area contributed by atoms with Crippen molar-refractivity contribution in [1.82, 2.24) is 10.3 Å². The van der Waals surface area contributed by atoms with Crippen LogP contribution in [0.3, 0.4) is 0 Å². The lowest BCUT2D eigenvalue weighted by Gasteiger charge is -2.21. The van der Waals surface area contributed by atoms with E-state index in [0.29, 0.717) is 0 Å². The maximum Gasteiger partial charge on any atom is 0.408 e. The number of amides is 1. The number of nitrogens with one attached hydrogen (secondary N) is 1. The zero-order valence-electron chi connectivity index (χ0n) is 10.5. The molecule has 0 radical (unpaired) electrons. The van der Waals surface area contributed by atoms with Crippen LogP contribution in [0.15, 0.2) is 18.3 Å². The lowest BCUT2D eigenvalue weighted by atomic mass is 10.1. The monoisotopic (exact) mass is 240 g/mol. The first-order valence-corrected chi connectivity index (χ1v) is 5.39. The predicted molar refractivity (Wildman–Crippen MR) is 62.0 cm³/mol. The molecule has 1 N–H and O–H groups in total. The summed E-state index contributed by atoms with van der Waals surface area (Å²) in [6.45, 7) is 7.14. The third kappa shape index (κ3) is 4.80. The normalized spacial score (nSPS) is 13.0. The van der Waals surface area contributed by atoms with Crippen molar-refractivity contribution in [3.8, 4) is 0 Å². The molecule has 17 heavy (non-hydrogen) atoms. The second-order valence-electron chi connectivity index (χ2n) is 4.78. The summed E-state index contributed by atoms with van der Waals surface area (Å²) >= 11 is 0. The number of aromatic nitrogens is 1. The van der Waals surface area contributed by atoms with Crippen molar-refractivity contribution < 1.29 is 13.9 Å². The zero-order valence-corrected chi connectivity index (χ0v) is 10.5. The number of rotatable bonds is 2. The average molecular weight is 240 g/mol. The van der Waals surface area contributed by atoms with Gasteiger partial charge in [-0.15, -0.1) is 0 Å². The minimum Gasteiger partial charge on any atom is -0.444 e. The highest BCUT2D eigenvalue weighted by molar-refractivity contribution is 5.68. The van der Waals surface area contributed by atoms with Crippen molar-refractivity contribution in [1.29, 1.82) is 0 Å². The van der Waals surface area contributed by atoms with Crippen LogP contribution >= 0.6 is 0 Å². The molecule has 1 aromatic rings. The Morgan fingerprint density at radius 2 is 2.12 bits per heavy atom. The van der Waals surface area contributed by atoms with Gasteiger partial charge in [-0.2, -0.15) is 4.39 Å². The van der Waals surface area contributed by atoms with E-state index >= 15 is 0 Å². The smallest absolute Gasteiger partial charge is 0.408 e. The van der Waals surface area contributed by atoms with Gasteiger partial charge in [0.15, 0.2) is 0 Å². The summed E-state index contributed by atoms with van der Waals surface area (Å²) in [5, 5.41) is 2.65. The molecule has 0 aliphatic rings. The van der Waals surface area contributed by atoms with Crippen molar-refractivity contribution in [3.05, 3.63) is 29.8 Å². The number of pyridine rings is 1. The Kier molecular flexibility index (Phi) is 4.04. The molecule has 1 unspecified atom stereocenters. The Hall–Kier alpha value is -1.65. The molecule has 0 aliphatic carbocycles. The van der Waals surface area contributed by atoms with Crippen molar-refractivity contribution in [2.75, 3.05) is 0 Å². The first-order valence-electron chi connectivity index (χ1n) is 5.39. The van der Waals surface area contributed by atoms with Crippen LogP contribution in [-0.4, -0.2) is 16.7 Å². The van der Waals surface area contributed by atoms with Gasteiger partial charge in [0.25, 0.3) is 0 Å². The number of nitrogens with zero attached hydrogens (tertiary/aromatic N) is 1. The van der Waals surface area contributed by atoms with E-state index in [9.17, 15) is 9.18 Å². The fourth-order valence-electron chi connectivity index (χ4n) is 1.21. The molecule has 1 amide bonds. The number of hydrogen-bond donors (Lipinski definition) is 1. The van der Waals surface area contributed by atoms with Crippen LogP contribution in [0.5, 0.6) is 0 Å². The maximum atomic E-state index is 12.6. The summed E-state index contributed by atoms with van der Waals surface area (Å²) in [7, 11) is 0. The van der Waals surface area contributed by atoms with E-state index in [-0.39, 0.29) is 6.04 Å². The molecule has 0 bridgehead atoms. The fourth-order valence-corrected chi connectivity index (χ4v) is 1.21. The molecular weight excluding hydrogens is 223 g/mol. The zero-order chi connectivity index (χ0) is 13.1. The van der Waals surface area contributed by atoms with Gasteiger partial charge in [0.05, 0.1) is 6.04 Å². The van der Waals surface area contributed by atoms with Crippen molar-refractivity contribution in [2.45, 2.75) is 39.3 Å². The number of carbonyl (C=O) groups is 1. The molecule has 0 saturated heterocycles. The number of hydrogen-bond acceptors (Lipinski definition) is 3. The van der Waals surface area contributed by atoms with Gasteiger partial charge < -0.3 is 10.1 Å². The van der Waals surface area contributed by atoms with Crippen LogP contribution in [0.1, 0.15) is 39.3 Å². The molecule has 0 fully saturated rings. The molecule has 1 heterocycles. The lowest BCUT2D eigenvalue weighted by molar-refractivity contribution is 0.0508. The number of halogens is 1. The average Bonchev–Trinajstić information content (AvgIpc) is 2.15. The number of carbonyl (C=O) groups excluding carboxylic acids is 1. The molecule has 94 valence electrons. The quantitative estimate of drug-likeness (QED) is 0.809. The summed E-state index contributed by atoms with van der Waals surface area (Å²) in [5.74, 6) is -0.543. The van der Waals surface area contributed by atoms with Crippen molar-refractivity contribution in [3.63, 3.8) is 0 Å². The third-order valence-electron chi connectivity index (χ3n) is 1.98. The molecule has 1 rings (SSSR count). The van der Waals surface area contributed by atoms with E-state index in [4.69, 9.17) is 4.74 Å². The van der Waals surface area contributed by atoms with Gasteiger partial charge in [0.1, 0.15) is 5.60 Å². The summed E-state index contributed by atoms with van der Waals surface area (Å²) in [6.07, 6.45) is 0.881. The molecule has 0 saturated carbocycles. The topological polar surface area (TPSA) is 51.2 Å². The van der Waals surface area contributed by atoms with Gasteiger partial charge in [-0.25, -0.2) is 9.78 Å². The standard InChI is InChI=1S/C12H17FN2O2/c1-8(9-5-6-10(13)14-7-9)15-11(16)17-12(2,3)4/h5-8H,1-4H3,(H,15,16). The minimum atomic E-state index is -0.543. The maximum absolute atomic E-state index is 12.6. The van der Waals surface area contributed by atoms with E-state index < -0.39 is 17.6 Å². The summed E-state index contributed by atoms with van der Waals surface area (Å²) in [4.78, 5) is 15.0. The highest BCUT2D eigenvalue weighted by Gasteiger charge is 2.18. The third-order valence-corrected chi connectivity index (χ3v) is 1.98. The lowest BCUT2D eigenvalue weighted by Crippen LogP contribution is -2.34. The van der Waals surface area contributed by atoms with Gasteiger partial charge in [-0.1, -0.05) is 6.07 Å². The largest absolute Gasteiger partial charge is 0.444 e. The highest BCUT2D eigenvalue weighted by Crippen LogP contribution is 2.13. The first kappa shape index (κ1) is 13.4. The van der Waals surface area contributed by atoms with E-state index in [0.717, 1.165) is 5.56 Å². The van der Waals surface area contributed by atoms with Crippen LogP contribution < -0.4 is 5.32 Å². The molecule has 5 heteroatoms. The van der Waals surface area contributed by atoms with Crippen LogP contribution in [0.4, 0.5) is 9.18 Å². The highest BCUT2D eigenvalue weighted by atomic mass is 19.1. The van der Waals surface area contributed by atoms with Gasteiger partial charge in [-0.3, -0.25) is 0 Å². The second kappa shape index (κ2) is 5.12. The van der Waals surface area contributed by atoms with E-state index in [2.05, 4.69) is 10.3 Å². The first-order chi connectivity index (χ1) is 7.78. The number of ether oxygens (including phenoxy) is 1. The predicted octanol–water partition coefficient (Wildman–Crippen LogP) is 2.81. The molecule has 0 aliphatic heterocycles. The summed E-state index contributed by atoms with van der Waals surface area (Å²) < 4.78 is 17.7. The SMILES string of the molecule is CC(NC(=O)OC(C)(C)C)c1ccc(F)nc1. The van der Waals surface area contributed by atoms with Crippen LogP contribution in [0.2, 0.25) is 0 Å². The Bertz CT molecular complexity index is 384. The number of alkyl carbamates (subject to hydrolysis) is 1. The molecule has 0 aromatic carbocycles. The van der Waals surface area contributed by atoms with Crippen LogP contribution in [0, 0.1) is 5.95 Å².